The highest BCUT2D eigenvalue weighted by atomic mass is 16.2. The Balaban J connectivity index is 1.63. The monoisotopic (exact) mass is 271 g/mol. The molecule has 1 aliphatic rings. The molecule has 4 heteroatoms. The number of nitrogens with one attached hydrogen (secondary N) is 1. The number of hydrogen-bond acceptors (Lipinski definition) is 2. The van der Waals surface area contributed by atoms with E-state index in [1.165, 1.54) is 25.7 Å². The summed E-state index contributed by atoms with van der Waals surface area (Å²) in [6.07, 6.45) is 9.11. The molecule has 0 bridgehead atoms. The van der Waals surface area contributed by atoms with Crippen molar-refractivity contribution in [3.63, 3.8) is 0 Å². The van der Waals surface area contributed by atoms with Crippen LogP contribution >= 0.6 is 0 Å². The Bertz CT molecular complexity index is 582. The SMILES string of the molecule is O=C(Cn1ncc2ccccc21)NC1CCCCCC1. The molecule has 1 aliphatic carbocycles. The molecule has 0 unspecified atom stereocenters. The zero-order chi connectivity index (χ0) is 13.8. The summed E-state index contributed by atoms with van der Waals surface area (Å²) in [5.41, 5.74) is 1.02. The van der Waals surface area contributed by atoms with E-state index in [4.69, 9.17) is 0 Å². The number of nitrogens with zero attached hydrogens (tertiary/aromatic N) is 2. The predicted molar refractivity (Wildman–Crippen MR) is 79.4 cm³/mol. The normalized spacial score (nSPS) is 17.0. The minimum Gasteiger partial charge on any atom is -0.352 e. The lowest BCUT2D eigenvalue weighted by Crippen LogP contribution is -2.36. The number of fused-ring (bicyclic) bond motifs is 1. The Hall–Kier alpha value is -1.84. The van der Waals surface area contributed by atoms with E-state index in [2.05, 4.69) is 10.4 Å². The van der Waals surface area contributed by atoms with Gasteiger partial charge in [0.05, 0.1) is 11.7 Å². The lowest BCUT2D eigenvalue weighted by atomic mass is 10.1. The van der Waals surface area contributed by atoms with E-state index in [1.807, 2.05) is 30.5 Å². The zero-order valence-corrected chi connectivity index (χ0v) is 11.7. The first-order chi connectivity index (χ1) is 9.83. The number of carbonyl (C=O) groups is 1. The second kappa shape index (κ2) is 6.07. The minimum absolute atomic E-state index is 0.0748. The summed E-state index contributed by atoms with van der Waals surface area (Å²) in [4.78, 5) is 12.2. The molecule has 1 aromatic carbocycles. The number of amides is 1. The van der Waals surface area contributed by atoms with Crippen LogP contribution in [0.2, 0.25) is 0 Å². The van der Waals surface area contributed by atoms with E-state index in [0.29, 0.717) is 12.6 Å². The van der Waals surface area contributed by atoms with E-state index in [0.717, 1.165) is 23.7 Å². The standard InChI is InChI=1S/C16H21N3O/c20-16(18-14-8-3-1-2-4-9-14)12-19-15-10-6-5-7-13(15)11-17-19/h5-7,10-11,14H,1-4,8-9,12H2,(H,18,20). The van der Waals surface area contributed by atoms with Crippen LogP contribution in [0.1, 0.15) is 38.5 Å². The zero-order valence-electron chi connectivity index (χ0n) is 11.7. The van der Waals surface area contributed by atoms with Gasteiger partial charge in [-0.3, -0.25) is 9.48 Å². The Labute approximate surface area is 119 Å². The first-order valence-electron chi connectivity index (χ1n) is 7.53. The molecule has 1 fully saturated rings. The van der Waals surface area contributed by atoms with E-state index >= 15 is 0 Å². The van der Waals surface area contributed by atoms with Crippen molar-refractivity contribution < 1.29 is 4.79 Å². The van der Waals surface area contributed by atoms with Crippen molar-refractivity contribution in [2.45, 2.75) is 51.1 Å². The van der Waals surface area contributed by atoms with Crippen LogP contribution in [0.4, 0.5) is 0 Å². The predicted octanol–water partition coefficient (Wildman–Crippen LogP) is 2.88. The molecule has 0 saturated heterocycles. The van der Waals surface area contributed by atoms with Crippen molar-refractivity contribution in [1.82, 2.24) is 15.1 Å². The summed E-state index contributed by atoms with van der Waals surface area (Å²) >= 11 is 0. The summed E-state index contributed by atoms with van der Waals surface area (Å²) in [5.74, 6) is 0.0748. The van der Waals surface area contributed by atoms with Crippen molar-refractivity contribution in [3.8, 4) is 0 Å². The molecule has 0 radical (unpaired) electrons. The van der Waals surface area contributed by atoms with Crippen molar-refractivity contribution in [1.29, 1.82) is 0 Å². The summed E-state index contributed by atoms with van der Waals surface area (Å²) < 4.78 is 1.78. The van der Waals surface area contributed by atoms with Gasteiger partial charge in [0.15, 0.2) is 0 Å². The number of benzene rings is 1. The van der Waals surface area contributed by atoms with E-state index < -0.39 is 0 Å². The quantitative estimate of drug-likeness (QED) is 0.873. The molecule has 3 rings (SSSR count). The van der Waals surface area contributed by atoms with Gasteiger partial charge < -0.3 is 5.32 Å². The van der Waals surface area contributed by atoms with Gasteiger partial charge in [0.25, 0.3) is 0 Å². The van der Waals surface area contributed by atoms with Crippen LogP contribution in [0.25, 0.3) is 10.9 Å². The molecule has 1 heterocycles. The molecule has 0 spiro atoms. The Kier molecular flexibility index (Phi) is 4.00. The van der Waals surface area contributed by atoms with Crippen molar-refractivity contribution >= 4 is 16.8 Å². The number of aromatic nitrogens is 2. The first kappa shape index (κ1) is 13.2. The maximum Gasteiger partial charge on any atom is 0.241 e. The second-order valence-corrected chi connectivity index (χ2v) is 5.62. The highest BCUT2D eigenvalue weighted by Gasteiger charge is 2.15. The fourth-order valence-corrected chi connectivity index (χ4v) is 2.98. The molecule has 1 saturated carbocycles. The summed E-state index contributed by atoms with van der Waals surface area (Å²) in [6.45, 7) is 0.310. The number of hydrogen-bond donors (Lipinski definition) is 1. The molecule has 0 atom stereocenters. The van der Waals surface area contributed by atoms with Crippen LogP contribution in [0, 0.1) is 0 Å². The summed E-state index contributed by atoms with van der Waals surface area (Å²) in [7, 11) is 0. The lowest BCUT2D eigenvalue weighted by Gasteiger charge is -2.16. The average Bonchev–Trinajstić information content (AvgIpc) is 2.68. The molecule has 0 aliphatic heterocycles. The number of carbonyl (C=O) groups excluding carboxylic acids is 1. The Morgan fingerprint density at radius 2 is 1.95 bits per heavy atom. The maximum absolute atomic E-state index is 12.2. The first-order valence-corrected chi connectivity index (χ1v) is 7.53. The lowest BCUT2D eigenvalue weighted by molar-refractivity contribution is -0.122. The van der Waals surface area contributed by atoms with E-state index in [1.54, 1.807) is 4.68 Å². The molecule has 1 amide bonds. The molecule has 2 aromatic rings. The average molecular weight is 271 g/mol. The van der Waals surface area contributed by atoms with Gasteiger partial charge >= 0.3 is 0 Å². The van der Waals surface area contributed by atoms with E-state index in [9.17, 15) is 4.79 Å². The highest BCUT2D eigenvalue weighted by Crippen LogP contribution is 2.17. The second-order valence-electron chi connectivity index (χ2n) is 5.62. The van der Waals surface area contributed by atoms with Gasteiger partial charge in [0.1, 0.15) is 6.54 Å². The smallest absolute Gasteiger partial charge is 0.241 e. The molecule has 20 heavy (non-hydrogen) atoms. The fraction of sp³-hybridized carbons (Fsp3) is 0.500. The molecule has 4 nitrogen and oxygen atoms in total. The topological polar surface area (TPSA) is 46.9 Å². The van der Waals surface area contributed by atoms with Gasteiger partial charge in [0, 0.05) is 11.4 Å². The molecule has 1 N–H and O–H groups in total. The van der Waals surface area contributed by atoms with E-state index in [-0.39, 0.29) is 5.91 Å². The molecule has 106 valence electrons. The molecular weight excluding hydrogens is 250 g/mol. The highest BCUT2D eigenvalue weighted by molar-refractivity contribution is 5.82. The van der Waals surface area contributed by atoms with Crippen molar-refractivity contribution in [2.24, 2.45) is 0 Å². The van der Waals surface area contributed by atoms with Crippen LogP contribution in [0.5, 0.6) is 0 Å². The molecule has 1 aromatic heterocycles. The summed E-state index contributed by atoms with van der Waals surface area (Å²) in [6, 6.07) is 8.33. The number of para-hydroxylation sites is 1. The van der Waals surface area contributed by atoms with Crippen LogP contribution in [-0.2, 0) is 11.3 Å². The summed E-state index contributed by atoms with van der Waals surface area (Å²) in [5, 5.41) is 8.54. The maximum atomic E-state index is 12.2. The van der Waals surface area contributed by atoms with Crippen molar-refractivity contribution in [3.05, 3.63) is 30.5 Å². The van der Waals surface area contributed by atoms with Crippen molar-refractivity contribution in [2.75, 3.05) is 0 Å². The van der Waals surface area contributed by atoms with Crippen LogP contribution in [0.3, 0.4) is 0 Å². The van der Waals surface area contributed by atoms with Crippen LogP contribution in [-0.4, -0.2) is 21.7 Å². The third kappa shape index (κ3) is 3.00. The van der Waals surface area contributed by atoms with Crippen LogP contribution < -0.4 is 5.32 Å². The van der Waals surface area contributed by atoms with Gasteiger partial charge in [-0.25, -0.2) is 0 Å². The third-order valence-electron chi connectivity index (χ3n) is 4.06. The largest absolute Gasteiger partial charge is 0.352 e. The van der Waals surface area contributed by atoms with Gasteiger partial charge in [-0.15, -0.1) is 0 Å². The fourth-order valence-electron chi connectivity index (χ4n) is 2.98. The van der Waals surface area contributed by atoms with Crippen LogP contribution in [0.15, 0.2) is 30.5 Å². The Morgan fingerprint density at radius 3 is 2.75 bits per heavy atom. The van der Waals surface area contributed by atoms with Gasteiger partial charge in [-0.1, -0.05) is 43.9 Å². The Morgan fingerprint density at radius 1 is 1.20 bits per heavy atom. The van der Waals surface area contributed by atoms with Gasteiger partial charge in [-0.05, 0) is 18.9 Å². The third-order valence-corrected chi connectivity index (χ3v) is 4.06. The number of rotatable bonds is 3. The van der Waals surface area contributed by atoms with Gasteiger partial charge in [-0.2, -0.15) is 5.10 Å². The molecular formula is C16H21N3O. The van der Waals surface area contributed by atoms with Gasteiger partial charge in [0.2, 0.25) is 5.91 Å². The minimum atomic E-state index is 0.0748.